The quantitative estimate of drug-likeness (QED) is 0.520. The first kappa shape index (κ1) is 21.2. The highest BCUT2D eigenvalue weighted by Gasteiger charge is 2.18. The van der Waals surface area contributed by atoms with Crippen LogP contribution in [0.4, 0.5) is 17.1 Å². The van der Waals surface area contributed by atoms with Crippen LogP contribution >= 0.6 is 11.6 Å². The maximum Gasteiger partial charge on any atom is 0.190 e. The molecular weight excluding hydrogens is 412 g/mol. The van der Waals surface area contributed by atoms with Crippen LogP contribution in [0, 0.1) is 6.57 Å². The van der Waals surface area contributed by atoms with E-state index < -0.39 is 0 Å². The van der Waals surface area contributed by atoms with Crippen LogP contribution in [0.5, 0.6) is 5.75 Å². The highest BCUT2D eigenvalue weighted by Crippen LogP contribution is 2.37. The van der Waals surface area contributed by atoms with Gasteiger partial charge in [-0.25, -0.2) is 4.85 Å². The number of hydrogen-bond acceptors (Lipinski definition) is 5. The normalized spacial score (nSPS) is 13.8. The zero-order chi connectivity index (χ0) is 21.8. The first-order chi connectivity index (χ1) is 15.1. The number of nitrogens with zero attached hydrogens (tertiary/aromatic N) is 3. The van der Waals surface area contributed by atoms with Crippen molar-refractivity contribution < 1.29 is 9.47 Å². The second kappa shape index (κ2) is 9.42. The number of rotatable bonds is 6. The number of nitrogens with one attached hydrogen (secondary N) is 1. The SMILES string of the molecule is [C-]#[N+]c1cc(N2CCOCC2)c2ncc(CC)c(NCc3ccc(OC)c(Cl)c3)c2c1. The molecule has 3 aromatic rings. The van der Waals surface area contributed by atoms with Crippen molar-refractivity contribution in [2.75, 3.05) is 43.6 Å². The fraction of sp³-hybridized carbons (Fsp3) is 0.333. The van der Waals surface area contributed by atoms with Gasteiger partial charge in [-0.3, -0.25) is 4.98 Å². The van der Waals surface area contributed by atoms with E-state index in [0.717, 1.165) is 52.9 Å². The molecule has 6 nitrogen and oxygen atoms in total. The average molecular weight is 437 g/mol. The Morgan fingerprint density at radius 3 is 2.74 bits per heavy atom. The molecule has 0 spiro atoms. The van der Waals surface area contributed by atoms with Crippen LogP contribution in [0.25, 0.3) is 15.7 Å². The van der Waals surface area contributed by atoms with Crippen LogP contribution in [-0.2, 0) is 17.7 Å². The highest BCUT2D eigenvalue weighted by molar-refractivity contribution is 6.32. The van der Waals surface area contributed by atoms with Gasteiger partial charge in [-0.1, -0.05) is 24.6 Å². The van der Waals surface area contributed by atoms with Gasteiger partial charge in [0.05, 0.1) is 43.1 Å². The van der Waals surface area contributed by atoms with Gasteiger partial charge in [0.2, 0.25) is 0 Å². The summed E-state index contributed by atoms with van der Waals surface area (Å²) in [6, 6.07) is 9.65. The molecule has 2 aromatic carbocycles. The van der Waals surface area contributed by atoms with Crippen molar-refractivity contribution in [1.82, 2.24) is 4.98 Å². The molecule has 0 atom stereocenters. The zero-order valence-electron chi connectivity index (χ0n) is 17.7. The fourth-order valence-electron chi connectivity index (χ4n) is 3.91. The number of benzene rings is 2. The number of fused-ring (bicyclic) bond motifs is 1. The average Bonchev–Trinajstić information content (AvgIpc) is 2.82. The van der Waals surface area contributed by atoms with Gasteiger partial charge in [0.1, 0.15) is 5.75 Å². The predicted octanol–water partition coefficient (Wildman–Crippen LogP) is 5.46. The summed E-state index contributed by atoms with van der Waals surface area (Å²) >= 11 is 6.30. The van der Waals surface area contributed by atoms with Gasteiger partial charge in [-0.05, 0) is 41.8 Å². The smallest absolute Gasteiger partial charge is 0.190 e. The molecule has 1 fully saturated rings. The Balaban J connectivity index is 1.76. The third-order valence-electron chi connectivity index (χ3n) is 5.56. The lowest BCUT2D eigenvalue weighted by atomic mass is 10.0. The Hall–Kier alpha value is -3.01. The second-order valence-corrected chi connectivity index (χ2v) is 7.81. The monoisotopic (exact) mass is 436 g/mol. The molecule has 0 amide bonds. The molecule has 0 unspecified atom stereocenters. The van der Waals surface area contributed by atoms with Gasteiger partial charge in [0.25, 0.3) is 0 Å². The Morgan fingerprint density at radius 2 is 2.06 bits per heavy atom. The van der Waals surface area contributed by atoms with Crippen LogP contribution in [0.15, 0.2) is 36.5 Å². The van der Waals surface area contributed by atoms with Crippen LogP contribution in [-0.4, -0.2) is 38.4 Å². The molecule has 7 heteroatoms. The maximum absolute atomic E-state index is 7.61. The number of ether oxygens (including phenoxy) is 2. The zero-order valence-corrected chi connectivity index (χ0v) is 18.5. The van der Waals surface area contributed by atoms with Crippen molar-refractivity contribution in [2.24, 2.45) is 0 Å². The lowest BCUT2D eigenvalue weighted by Gasteiger charge is -2.30. The molecule has 31 heavy (non-hydrogen) atoms. The summed E-state index contributed by atoms with van der Waals surface area (Å²) in [5.74, 6) is 0.658. The van der Waals surface area contributed by atoms with Crippen LogP contribution in [0.1, 0.15) is 18.1 Å². The molecule has 160 valence electrons. The molecule has 1 aliphatic heterocycles. The number of pyridine rings is 1. The molecule has 0 saturated carbocycles. The minimum atomic E-state index is 0.585. The van der Waals surface area contributed by atoms with Gasteiger partial charge in [0, 0.05) is 36.9 Å². The Labute approximate surface area is 187 Å². The molecule has 0 bridgehead atoms. The van der Waals surface area contributed by atoms with Gasteiger partial charge in [-0.2, -0.15) is 0 Å². The molecule has 1 N–H and O–H groups in total. The van der Waals surface area contributed by atoms with Crippen LogP contribution < -0.4 is 15.0 Å². The van der Waals surface area contributed by atoms with E-state index in [4.69, 9.17) is 32.6 Å². The van der Waals surface area contributed by atoms with Gasteiger partial charge in [0.15, 0.2) is 5.69 Å². The summed E-state index contributed by atoms with van der Waals surface area (Å²) in [6.45, 7) is 13.3. The van der Waals surface area contributed by atoms with Gasteiger partial charge in [-0.15, -0.1) is 0 Å². The molecule has 1 aliphatic rings. The molecule has 1 saturated heterocycles. The molecule has 2 heterocycles. The molecule has 1 aromatic heterocycles. The summed E-state index contributed by atoms with van der Waals surface area (Å²) in [7, 11) is 1.61. The number of hydrogen-bond donors (Lipinski definition) is 1. The maximum atomic E-state index is 7.61. The molecule has 4 rings (SSSR count). The topological polar surface area (TPSA) is 51.0 Å². The Morgan fingerprint density at radius 1 is 1.26 bits per heavy atom. The van der Waals surface area contributed by atoms with E-state index in [-0.39, 0.29) is 0 Å². The second-order valence-electron chi connectivity index (χ2n) is 7.41. The van der Waals surface area contributed by atoms with E-state index in [1.165, 1.54) is 0 Å². The first-order valence-electron chi connectivity index (χ1n) is 10.4. The minimum absolute atomic E-state index is 0.585. The van der Waals surface area contributed by atoms with Crippen molar-refractivity contribution in [3.63, 3.8) is 0 Å². The largest absolute Gasteiger partial charge is 0.495 e. The van der Waals surface area contributed by atoms with Gasteiger partial charge < -0.3 is 19.7 Å². The number of morpholine rings is 1. The van der Waals surface area contributed by atoms with Crippen LogP contribution in [0.3, 0.4) is 0 Å². The third-order valence-corrected chi connectivity index (χ3v) is 5.86. The molecular formula is C24H25ClN4O2. The van der Waals surface area contributed by atoms with E-state index in [2.05, 4.69) is 22.0 Å². The van der Waals surface area contributed by atoms with E-state index in [9.17, 15) is 0 Å². The minimum Gasteiger partial charge on any atom is -0.495 e. The first-order valence-corrected chi connectivity index (χ1v) is 10.7. The molecule has 0 aliphatic carbocycles. The highest BCUT2D eigenvalue weighted by atomic mass is 35.5. The number of anilines is 2. The lowest BCUT2D eigenvalue weighted by Crippen LogP contribution is -2.36. The van der Waals surface area contributed by atoms with E-state index in [1.54, 1.807) is 7.11 Å². The third kappa shape index (κ3) is 4.39. The summed E-state index contributed by atoms with van der Waals surface area (Å²) in [5, 5.41) is 5.14. The molecule has 0 radical (unpaired) electrons. The summed E-state index contributed by atoms with van der Waals surface area (Å²) in [6.07, 6.45) is 2.77. The number of aromatic nitrogens is 1. The van der Waals surface area contributed by atoms with Crippen molar-refractivity contribution in [2.45, 2.75) is 19.9 Å². The standard InChI is InChI=1S/C24H25ClN4O2/c1-4-17-15-28-24-19(12-18(26-2)13-21(24)29-7-9-31-10-8-29)23(17)27-14-16-5-6-22(30-3)20(25)11-16/h5-6,11-13,15H,4,7-10,14H2,1,3H3,(H,27,28). The number of halogens is 1. The van der Waals surface area contributed by atoms with Gasteiger partial charge >= 0.3 is 0 Å². The van der Waals surface area contributed by atoms with Crippen molar-refractivity contribution in [3.05, 3.63) is 64.1 Å². The number of aryl methyl sites for hydroxylation is 1. The summed E-state index contributed by atoms with van der Waals surface area (Å²) in [4.78, 5) is 10.8. The Kier molecular flexibility index (Phi) is 6.45. The van der Waals surface area contributed by atoms with E-state index >= 15 is 0 Å². The van der Waals surface area contributed by atoms with Crippen molar-refractivity contribution in [3.8, 4) is 5.75 Å². The van der Waals surface area contributed by atoms with Crippen LogP contribution in [0.2, 0.25) is 5.02 Å². The number of methoxy groups -OCH3 is 1. The lowest BCUT2D eigenvalue weighted by molar-refractivity contribution is 0.123. The van der Waals surface area contributed by atoms with Crippen molar-refractivity contribution in [1.29, 1.82) is 0 Å². The fourth-order valence-corrected chi connectivity index (χ4v) is 4.19. The van der Waals surface area contributed by atoms with E-state index in [1.807, 2.05) is 36.5 Å². The van der Waals surface area contributed by atoms with Crippen molar-refractivity contribution >= 4 is 39.6 Å². The summed E-state index contributed by atoms with van der Waals surface area (Å²) in [5.41, 5.74) is 5.68. The predicted molar refractivity (Wildman–Crippen MR) is 126 cm³/mol. The Bertz CT molecular complexity index is 1140. The van der Waals surface area contributed by atoms with E-state index in [0.29, 0.717) is 36.2 Å². The summed E-state index contributed by atoms with van der Waals surface area (Å²) < 4.78 is 10.8.